The summed E-state index contributed by atoms with van der Waals surface area (Å²) >= 11 is 0. The molecule has 0 aliphatic heterocycles. The molecule has 1 nitrogen and oxygen atoms in total. The van der Waals surface area contributed by atoms with Crippen molar-refractivity contribution in [3.05, 3.63) is 101 Å². The summed E-state index contributed by atoms with van der Waals surface area (Å²) in [6.45, 7) is 5.94. The molecule has 2 aliphatic rings. The molecule has 33 heavy (non-hydrogen) atoms. The van der Waals surface area contributed by atoms with Gasteiger partial charge in [-0.15, -0.1) is 5.73 Å². The van der Waals surface area contributed by atoms with Crippen molar-refractivity contribution in [2.75, 3.05) is 7.11 Å². The minimum Gasteiger partial charge on any atom is -0.497 e. The van der Waals surface area contributed by atoms with Gasteiger partial charge in [0.1, 0.15) is 5.76 Å². The van der Waals surface area contributed by atoms with E-state index in [9.17, 15) is 8.78 Å². The lowest BCUT2D eigenvalue weighted by atomic mass is 9.85. The van der Waals surface area contributed by atoms with Gasteiger partial charge in [0.05, 0.1) is 7.11 Å². The Labute approximate surface area is 197 Å². The first-order valence-electron chi connectivity index (χ1n) is 11.2. The standard InChI is InChI=1S/C29H30F2O.CH4/c1-4-22-10-8-11-23(20-22)12-9-14-26-17-16-24(18-19-29(26,30)31)28(5-2)25-13-6-7-15-27(21-25)32-3;/h6-8,10-11,14-15,20-21,24H,2,4,13,16-19H2,1,3H3;1H4/b26-14+;. The Balaban J connectivity index is 0.00000385. The van der Waals surface area contributed by atoms with Gasteiger partial charge in [-0.05, 0) is 79.5 Å². The molecule has 2 aliphatic carbocycles. The van der Waals surface area contributed by atoms with Gasteiger partial charge in [0.2, 0.25) is 0 Å². The molecule has 1 aromatic carbocycles. The summed E-state index contributed by atoms with van der Waals surface area (Å²) in [6, 6.07) is 7.90. The summed E-state index contributed by atoms with van der Waals surface area (Å²) < 4.78 is 35.2. The van der Waals surface area contributed by atoms with Crippen LogP contribution in [0.2, 0.25) is 0 Å². The molecule has 0 radical (unpaired) electrons. The van der Waals surface area contributed by atoms with Crippen molar-refractivity contribution in [3.63, 3.8) is 0 Å². The zero-order valence-corrected chi connectivity index (χ0v) is 18.9. The van der Waals surface area contributed by atoms with E-state index in [1.807, 2.05) is 48.6 Å². The van der Waals surface area contributed by atoms with Gasteiger partial charge in [-0.1, -0.05) is 57.1 Å². The van der Waals surface area contributed by atoms with Gasteiger partial charge in [-0.3, -0.25) is 0 Å². The van der Waals surface area contributed by atoms with Gasteiger partial charge in [0, 0.05) is 23.1 Å². The number of methoxy groups -OCH3 is 1. The van der Waals surface area contributed by atoms with E-state index in [1.165, 1.54) is 11.6 Å². The number of allylic oxidation sites excluding steroid dienone is 8. The number of rotatable bonds is 4. The summed E-state index contributed by atoms with van der Waals surface area (Å²) in [6.07, 6.45) is 12.0. The van der Waals surface area contributed by atoms with Crippen LogP contribution in [0.15, 0.2) is 89.4 Å². The Morgan fingerprint density at radius 2 is 2.12 bits per heavy atom. The summed E-state index contributed by atoms with van der Waals surface area (Å²) in [5.74, 6) is 3.76. The molecule has 1 aromatic rings. The lowest BCUT2D eigenvalue weighted by molar-refractivity contribution is 0.0301. The molecule has 3 rings (SSSR count). The lowest BCUT2D eigenvalue weighted by Crippen LogP contribution is -2.17. The third kappa shape index (κ3) is 6.95. The fourth-order valence-corrected chi connectivity index (χ4v) is 4.19. The molecule has 1 atom stereocenters. The molecule has 3 heteroatoms. The number of alkyl halides is 2. The Kier molecular flexibility index (Phi) is 9.71. The average molecular weight is 449 g/mol. The first kappa shape index (κ1) is 26.2. The first-order chi connectivity index (χ1) is 15.5. The predicted molar refractivity (Wildman–Crippen MR) is 134 cm³/mol. The van der Waals surface area contributed by atoms with Crippen LogP contribution >= 0.6 is 0 Å². The Morgan fingerprint density at radius 3 is 2.85 bits per heavy atom. The largest absolute Gasteiger partial charge is 0.497 e. The molecule has 1 fully saturated rings. The highest BCUT2D eigenvalue weighted by atomic mass is 19.3. The summed E-state index contributed by atoms with van der Waals surface area (Å²) in [5.41, 5.74) is 7.15. The van der Waals surface area contributed by atoms with Crippen molar-refractivity contribution in [3.8, 4) is 11.8 Å². The van der Waals surface area contributed by atoms with Crippen LogP contribution in [-0.4, -0.2) is 13.0 Å². The van der Waals surface area contributed by atoms with Gasteiger partial charge in [0.15, 0.2) is 0 Å². The predicted octanol–water partition coefficient (Wildman–Crippen LogP) is 8.12. The van der Waals surface area contributed by atoms with Crippen LogP contribution in [-0.2, 0) is 11.2 Å². The van der Waals surface area contributed by atoms with Crippen molar-refractivity contribution in [1.82, 2.24) is 0 Å². The maximum atomic E-state index is 14.9. The van der Waals surface area contributed by atoms with Crippen LogP contribution < -0.4 is 0 Å². The quantitative estimate of drug-likeness (QED) is 0.257. The van der Waals surface area contributed by atoms with Crippen molar-refractivity contribution in [1.29, 1.82) is 0 Å². The summed E-state index contributed by atoms with van der Waals surface area (Å²) in [4.78, 5) is 0. The van der Waals surface area contributed by atoms with E-state index >= 15 is 0 Å². The van der Waals surface area contributed by atoms with Gasteiger partial charge in [0.25, 0.3) is 5.92 Å². The topological polar surface area (TPSA) is 9.23 Å². The monoisotopic (exact) mass is 448 g/mol. The second-order valence-corrected chi connectivity index (χ2v) is 8.14. The van der Waals surface area contributed by atoms with E-state index in [1.54, 1.807) is 7.11 Å². The molecule has 0 saturated heterocycles. The highest BCUT2D eigenvalue weighted by Gasteiger charge is 2.38. The minimum absolute atomic E-state index is 0. The second kappa shape index (κ2) is 12.2. The van der Waals surface area contributed by atoms with Crippen molar-refractivity contribution < 1.29 is 13.5 Å². The fourth-order valence-electron chi connectivity index (χ4n) is 4.19. The summed E-state index contributed by atoms with van der Waals surface area (Å²) in [7, 11) is 1.62. The molecule has 0 spiro atoms. The van der Waals surface area contributed by atoms with Crippen LogP contribution in [0.1, 0.15) is 57.6 Å². The molecule has 174 valence electrons. The number of ether oxygens (including phenoxy) is 1. The number of hydrogen-bond acceptors (Lipinski definition) is 1. The fraction of sp³-hybridized carbons (Fsp3) is 0.367. The van der Waals surface area contributed by atoms with Gasteiger partial charge in [-0.25, -0.2) is 8.78 Å². The molecule has 1 saturated carbocycles. The molecule has 0 N–H and O–H groups in total. The highest BCUT2D eigenvalue weighted by Crippen LogP contribution is 2.42. The third-order valence-electron chi connectivity index (χ3n) is 6.07. The molecule has 0 bridgehead atoms. The van der Waals surface area contributed by atoms with Gasteiger partial charge >= 0.3 is 0 Å². The van der Waals surface area contributed by atoms with Crippen molar-refractivity contribution >= 4 is 0 Å². The Morgan fingerprint density at radius 1 is 1.30 bits per heavy atom. The van der Waals surface area contributed by atoms with E-state index in [-0.39, 0.29) is 25.3 Å². The summed E-state index contributed by atoms with van der Waals surface area (Å²) in [5, 5.41) is 0. The van der Waals surface area contributed by atoms with Crippen LogP contribution in [0.5, 0.6) is 0 Å². The molecular formula is C30H34F2O. The highest BCUT2D eigenvalue weighted by molar-refractivity contribution is 5.43. The third-order valence-corrected chi connectivity index (χ3v) is 6.07. The van der Waals surface area contributed by atoms with Crippen LogP contribution in [0, 0.1) is 17.8 Å². The van der Waals surface area contributed by atoms with E-state index in [2.05, 4.69) is 31.1 Å². The van der Waals surface area contributed by atoms with Crippen LogP contribution in [0.25, 0.3) is 0 Å². The molecule has 0 heterocycles. The zero-order chi connectivity index (χ0) is 23.0. The average Bonchev–Trinajstić information content (AvgIpc) is 3.12. The van der Waals surface area contributed by atoms with Gasteiger partial charge in [-0.2, -0.15) is 0 Å². The Hall–Kier alpha value is -3.08. The Bertz CT molecular complexity index is 1070. The SMILES string of the molecule is C.C=C=C(C1=CC(OC)=CC=CC1)C1CC/C(=C\C#Cc2cccc(CC)c2)C(F)(F)CC1. The molecule has 0 aromatic heterocycles. The second-order valence-electron chi connectivity index (χ2n) is 8.14. The lowest BCUT2D eigenvalue weighted by Gasteiger charge is -2.19. The zero-order valence-electron chi connectivity index (χ0n) is 18.9. The number of aryl methyl sites for hydroxylation is 1. The van der Waals surface area contributed by atoms with Gasteiger partial charge < -0.3 is 4.74 Å². The van der Waals surface area contributed by atoms with E-state index in [0.29, 0.717) is 25.7 Å². The van der Waals surface area contributed by atoms with Crippen molar-refractivity contribution in [2.45, 2.75) is 58.8 Å². The molecular weight excluding hydrogens is 414 g/mol. The smallest absolute Gasteiger partial charge is 0.270 e. The molecule has 0 amide bonds. The van der Waals surface area contributed by atoms with E-state index < -0.39 is 5.92 Å². The number of hydrogen-bond donors (Lipinski definition) is 0. The minimum atomic E-state index is -2.85. The molecule has 1 unspecified atom stereocenters. The number of halogens is 2. The van der Waals surface area contributed by atoms with E-state index in [0.717, 1.165) is 28.9 Å². The maximum absolute atomic E-state index is 14.9. The first-order valence-corrected chi connectivity index (χ1v) is 11.2. The van der Waals surface area contributed by atoms with Crippen LogP contribution in [0.3, 0.4) is 0 Å². The van der Waals surface area contributed by atoms with E-state index in [4.69, 9.17) is 4.74 Å². The maximum Gasteiger partial charge on any atom is 0.270 e. The number of benzene rings is 1. The van der Waals surface area contributed by atoms with Crippen LogP contribution in [0.4, 0.5) is 8.78 Å². The normalized spacial score (nSPS) is 20.6. The van der Waals surface area contributed by atoms with Crippen molar-refractivity contribution in [2.24, 2.45) is 5.92 Å².